The Morgan fingerprint density at radius 2 is 1.38 bits per heavy atom. The third-order valence-electron chi connectivity index (χ3n) is 3.57. The van der Waals surface area contributed by atoms with Crippen LogP contribution in [-0.2, 0) is 9.59 Å². The van der Waals surface area contributed by atoms with Crippen LogP contribution in [0.25, 0.3) is 0 Å². The summed E-state index contributed by atoms with van der Waals surface area (Å²) in [5.74, 6) is 0.668. The first kappa shape index (κ1) is 25.2. The van der Waals surface area contributed by atoms with Gasteiger partial charge < -0.3 is 10.6 Å². The summed E-state index contributed by atoms with van der Waals surface area (Å²) in [6.45, 7) is 21.9. The Bertz CT molecular complexity index is 372. The van der Waals surface area contributed by atoms with Gasteiger partial charge >= 0.3 is 0 Å². The van der Waals surface area contributed by atoms with E-state index in [1.165, 1.54) is 0 Å². The van der Waals surface area contributed by atoms with Gasteiger partial charge in [0.1, 0.15) is 0 Å². The van der Waals surface area contributed by atoms with Crippen LogP contribution in [0.5, 0.6) is 0 Å². The van der Waals surface area contributed by atoms with Crippen LogP contribution >= 0.6 is 0 Å². The summed E-state index contributed by atoms with van der Waals surface area (Å²) in [7, 11) is 0. The maximum Gasteiger partial charge on any atom is 0.222 e. The van der Waals surface area contributed by atoms with Gasteiger partial charge in [0, 0.05) is 25.4 Å². The van der Waals surface area contributed by atoms with Gasteiger partial charge in [-0.1, -0.05) is 69.2 Å². The number of nitrogens with one attached hydrogen (secondary N) is 2. The average Bonchev–Trinajstić information content (AvgIpc) is 2.43. The van der Waals surface area contributed by atoms with Gasteiger partial charge in [-0.25, -0.2) is 0 Å². The number of carbonyl (C=O) groups is 2. The van der Waals surface area contributed by atoms with Gasteiger partial charge in [-0.15, -0.1) is 0 Å². The molecule has 0 bridgehead atoms. The fourth-order valence-electron chi connectivity index (χ4n) is 2.77. The maximum absolute atomic E-state index is 12.0. The maximum atomic E-state index is 12.0. The monoisotopic (exact) mass is 342 g/mol. The van der Waals surface area contributed by atoms with Crippen molar-refractivity contribution in [3.05, 3.63) is 0 Å². The second-order valence-corrected chi connectivity index (χ2v) is 8.75. The quantitative estimate of drug-likeness (QED) is 0.653. The summed E-state index contributed by atoms with van der Waals surface area (Å²) in [5, 5.41) is 5.98. The lowest BCUT2D eigenvalue weighted by Crippen LogP contribution is -2.39. The Balaban J connectivity index is 0. The zero-order chi connectivity index (χ0) is 19.6. The first-order valence-electron chi connectivity index (χ1n) is 9.39. The molecule has 0 aromatic rings. The molecular formula is C20H42N2O2. The van der Waals surface area contributed by atoms with Crippen molar-refractivity contribution in [1.29, 1.82) is 0 Å². The van der Waals surface area contributed by atoms with E-state index in [9.17, 15) is 9.59 Å². The van der Waals surface area contributed by atoms with Crippen LogP contribution < -0.4 is 10.6 Å². The van der Waals surface area contributed by atoms with E-state index in [1.54, 1.807) is 0 Å². The predicted octanol–water partition coefficient (Wildman–Crippen LogP) is 4.39. The van der Waals surface area contributed by atoms with Crippen molar-refractivity contribution in [3.63, 3.8) is 0 Å². The standard InChI is InChI=1S/C18H36N2O2.C2H6/c1-13(2)10-19-15(21)9-17(5,6)11-18(7,8)12-20-16(22)14(3)4;1-2/h13-14H,9-12H2,1-8H3,(H,19,21)(H,20,22);1-2H3. The normalized spacial score (nSPS) is 11.8. The van der Waals surface area contributed by atoms with Crippen LogP contribution in [0, 0.1) is 22.7 Å². The number of hydrogen-bond acceptors (Lipinski definition) is 2. The van der Waals surface area contributed by atoms with Crippen LogP contribution in [-0.4, -0.2) is 24.9 Å². The van der Waals surface area contributed by atoms with E-state index in [4.69, 9.17) is 0 Å². The zero-order valence-electron chi connectivity index (χ0n) is 17.8. The molecule has 4 heteroatoms. The Morgan fingerprint density at radius 1 is 0.875 bits per heavy atom. The van der Waals surface area contributed by atoms with Gasteiger partial charge in [-0.3, -0.25) is 9.59 Å². The van der Waals surface area contributed by atoms with E-state index in [2.05, 4.69) is 52.2 Å². The molecule has 2 N–H and O–H groups in total. The lowest BCUT2D eigenvalue weighted by atomic mass is 9.73. The Labute approximate surface area is 150 Å². The fraction of sp³-hybridized carbons (Fsp3) is 0.900. The second kappa shape index (κ2) is 11.5. The molecule has 2 amide bonds. The van der Waals surface area contributed by atoms with E-state index in [-0.39, 0.29) is 28.6 Å². The number of hydrogen-bond donors (Lipinski definition) is 2. The van der Waals surface area contributed by atoms with Crippen molar-refractivity contribution in [2.75, 3.05) is 13.1 Å². The SMILES string of the molecule is CC.CC(C)CNC(=O)CC(C)(C)CC(C)(C)CNC(=O)C(C)C. The van der Waals surface area contributed by atoms with Crippen molar-refractivity contribution in [1.82, 2.24) is 10.6 Å². The van der Waals surface area contributed by atoms with E-state index in [0.29, 0.717) is 18.9 Å². The van der Waals surface area contributed by atoms with E-state index in [1.807, 2.05) is 27.7 Å². The molecule has 4 nitrogen and oxygen atoms in total. The molecule has 0 aliphatic heterocycles. The Morgan fingerprint density at radius 3 is 1.79 bits per heavy atom. The van der Waals surface area contributed by atoms with Gasteiger partial charge in [0.25, 0.3) is 0 Å². The van der Waals surface area contributed by atoms with Gasteiger partial charge in [0.15, 0.2) is 0 Å². The Hall–Kier alpha value is -1.06. The van der Waals surface area contributed by atoms with Gasteiger partial charge in [0.2, 0.25) is 11.8 Å². The summed E-state index contributed by atoms with van der Waals surface area (Å²) in [6.07, 6.45) is 1.40. The smallest absolute Gasteiger partial charge is 0.222 e. The van der Waals surface area contributed by atoms with Crippen LogP contribution in [0.15, 0.2) is 0 Å². The predicted molar refractivity (Wildman–Crippen MR) is 104 cm³/mol. The third kappa shape index (κ3) is 13.4. The molecule has 0 saturated carbocycles. The highest BCUT2D eigenvalue weighted by molar-refractivity contribution is 5.78. The summed E-state index contributed by atoms with van der Waals surface area (Å²) in [4.78, 5) is 23.7. The van der Waals surface area contributed by atoms with Crippen LogP contribution in [0.4, 0.5) is 0 Å². The highest BCUT2D eigenvalue weighted by Gasteiger charge is 2.31. The molecule has 0 heterocycles. The lowest BCUT2D eigenvalue weighted by Gasteiger charge is -2.35. The van der Waals surface area contributed by atoms with Gasteiger partial charge in [-0.2, -0.15) is 0 Å². The third-order valence-corrected chi connectivity index (χ3v) is 3.57. The Kier molecular flexibility index (Phi) is 12.1. The zero-order valence-corrected chi connectivity index (χ0v) is 17.8. The molecule has 0 fully saturated rings. The minimum atomic E-state index is -0.0902. The van der Waals surface area contributed by atoms with Crippen molar-refractivity contribution in [2.45, 2.75) is 82.1 Å². The molecule has 0 aliphatic carbocycles. The summed E-state index contributed by atoms with van der Waals surface area (Å²) >= 11 is 0. The first-order valence-corrected chi connectivity index (χ1v) is 9.39. The summed E-state index contributed by atoms with van der Waals surface area (Å²) in [6, 6.07) is 0. The number of carbonyl (C=O) groups excluding carboxylic acids is 2. The molecule has 0 rings (SSSR count). The molecular weight excluding hydrogens is 300 g/mol. The molecule has 0 spiro atoms. The van der Waals surface area contributed by atoms with E-state index < -0.39 is 0 Å². The van der Waals surface area contributed by atoms with E-state index in [0.717, 1.165) is 13.0 Å². The topological polar surface area (TPSA) is 58.2 Å². The molecule has 0 aromatic carbocycles. The van der Waals surface area contributed by atoms with Gasteiger partial charge in [-0.05, 0) is 23.2 Å². The molecule has 24 heavy (non-hydrogen) atoms. The minimum absolute atomic E-state index is 0.00521. The molecule has 0 radical (unpaired) electrons. The average molecular weight is 343 g/mol. The molecule has 144 valence electrons. The summed E-state index contributed by atoms with van der Waals surface area (Å²) in [5.41, 5.74) is -0.125. The lowest BCUT2D eigenvalue weighted by molar-refractivity contribution is -0.125. The minimum Gasteiger partial charge on any atom is -0.356 e. The molecule has 0 aliphatic rings. The van der Waals surface area contributed by atoms with E-state index >= 15 is 0 Å². The van der Waals surface area contributed by atoms with Crippen molar-refractivity contribution in [3.8, 4) is 0 Å². The van der Waals surface area contributed by atoms with Crippen LogP contribution in [0.2, 0.25) is 0 Å². The highest BCUT2D eigenvalue weighted by Crippen LogP contribution is 2.35. The van der Waals surface area contributed by atoms with Crippen LogP contribution in [0.3, 0.4) is 0 Å². The molecule has 0 atom stereocenters. The second-order valence-electron chi connectivity index (χ2n) is 8.75. The molecule has 0 aromatic heterocycles. The van der Waals surface area contributed by atoms with Crippen molar-refractivity contribution < 1.29 is 9.59 Å². The van der Waals surface area contributed by atoms with Crippen molar-refractivity contribution >= 4 is 11.8 Å². The highest BCUT2D eigenvalue weighted by atomic mass is 16.2. The first-order chi connectivity index (χ1) is 10.8. The molecule has 0 unspecified atom stereocenters. The number of amides is 2. The largest absolute Gasteiger partial charge is 0.356 e. The van der Waals surface area contributed by atoms with Gasteiger partial charge in [0.05, 0.1) is 0 Å². The molecule has 0 saturated heterocycles. The fourth-order valence-corrected chi connectivity index (χ4v) is 2.77. The van der Waals surface area contributed by atoms with Crippen molar-refractivity contribution in [2.24, 2.45) is 22.7 Å². The number of rotatable bonds is 9. The van der Waals surface area contributed by atoms with Crippen LogP contribution in [0.1, 0.15) is 82.1 Å². The summed E-state index contributed by atoms with van der Waals surface area (Å²) < 4.78 is 0.